The summed E-state index contributed by atoms with van der Waals surface area (Å²) >= 11 is 5.76. The van der Waals surface area contributed by atoms with Crippen LogP contribution in [0.3, 0.4) is 0 Å². The first-order chi connectivity index (χ1) is 13.4. The number of fused-ring (bicyclic) bond motifs is 1. The summed E-state index contributed by atoms with van der Waals surface area (Å²) in [5.41, 5.74) is 2.38. The van der Waals surface area contributed by atoms with Gasteiger partial charge >= 0.3 is 0 Å². The summed E-state index contributed by atoms with van der Waals surface area (Å²) in [5.74, 6) is 1.42. The molecule has 4 rings (SSSR count). The number of aromatic nitrogens is 1. The summed E-state index contributed by atoms with van der Waals surface area (Å²) in [6.07, 6.45) is 0.863. The van der Waals surface area contributed by atoms with E-state index in [9.17, 15) is 9.59 Å². The molecule has 3 heterocycles. The van der Waals surface area contributed by atoms with Crippen LogP contribution in [-0.2, 0) is 16.0 Å². The lowest BCUT2D eigenvalue weighted by Gasteiger charge is -2.30. The van der Waals surface area contributed by atoms with Crippen molar-refractivity contribution in [2.75, 3.05) is 19.6 Å². The van der Waals surface area contributed by atoms with Gasteiger partial charge in [0.25, 0.3) is 0 Å². The number of rotatable bonds is 4. The Bertz CT molecular complexity index is 897. The van der Waals surface area contributed by atoms with Crippen LogP contribution in [0.4, 0.5) is 0 Å². The average molecular weight is 402 g/mol. The SMILES string of the molecule is CC(=O)N1C[C@H]2CN(C(=O)CCc3cc(Cl)no3)C[C@H]2[C@@H]1c1ccccc1C. The first-order valence-electron chi connectivity index (χ1n) is 9.65. The van der Waals surface area contributed by atoms with E-state index in [1.807, 2.05) is 21.9 Å². The van der Waals surface area contributed by atoms with Crippen molar-refractivity contribution in [2.24, 2.45) is 11.8 Å². The van der Waals surface area contributed by atoms with Gasteiger partial charge in [0.15, 0.2) is 5.15 Å². The molecule has 0 saturated carbocycles. The number of benzene rings is 1. The lowest BCUT2D eigenvalue weighted by atomic mass is 9.87. The summed E-state index contributed by atoms with van der Waals surface area (Å²) in [4.78, 5) is 28.9. The predicted octanol–water partition coefficient (Wildman–Crippen LogP) is 3.25. The molecule has 148 valence electrons. The van der Waals surface area contributed by atoms with Crippen molar-refractivity contribution >= 4 is 23.4 Å². The number of carbonyl (C=O) groups excluding carboxylic acids is 2. The molecule has 0 radical (unpaired) electrons. The maximum atomic E-state index is 12.7. The van der Waals surface area contributed by atoms with Crippen LogP contribution in [0.5, 0.6) is 0 Å². The van der Waals surface area contributed by atoms with Crippen molar-refractivity contribution in [2.45, 2.75) is 32.7 Å². The van der Waals surface area contributed by atoms with E-state index >= 15 is 0 Å². The van der Waals surface area contributed by atoms with Gasteiger partial charge in [-0.05, 0) is 18.1 Å². The Morgan fingerprint density at radius 1 is 1.25 bits per heavy atom. The molecule has 0 aliphatic carbocycles. The molecule has 0 unspecified atom stereocenters. The molecule has 3 atom stereocenters. The van der Waals surface area contributed by atoms with Crippen molar-refractivity contribution in [3.05, 3.63) is 52.4 Å². The molecule has 1 aromatic heterocycles. The van der Waals surface area contributed by atoms with Crippen LogP contribution >= 0.6 is 11.6 Å². The monoisotopic (exact) mass is 401 g/mol. The van der Waals surface area contributed by atoms with Gasteiger partial charge in [0, 0.05) is 57.3 Å². The van der Waals surface area contributed by atoms with Gasteiger partial charge in [0.05, 0.1) is 6.04 Å². The molecule has 2 saturated heterocycles. The third kappa shape index (κ3) is 3.53. The standard InChI is InChI=1S/C21H24ClN3O3/c1-13-5-3-4-6-17(13)21-18-12-24(10-15(18)11-25(21)14(2)26)20(27)8-7-16-9-19(22)23-28-16/h3-6,9,15,18,21H,7-8,10-12H2,1-2H3/t15-,18-,21+/m1/s1. The molecule has 2 aliphatic heterocycles. The highest BCUT2D eigenvalue weighted by Gasteiger charge is 2.49. The lowest BCUT2D eigenvalue weighted by molar-refractivity contribution is -0.131. The predicted molar refractivity (Wildman–Crippen MR) is 105 cm³/mol. The second-order valence-corrected chi connectivity index (χ2v) is 8.20. The van der Waals surface area contributed by atoms with Gasteiger partial charge < -0.3 is 14.3 Å². The molecule has 2 aromatic rings. The number of carbonyl (C=O) groups is 2. The summed E-state index contributed by atoms with van der Waals surface area (Å²) in [5, 5.41) is 3.95. The lowest BCUT2D eigenvalue weighted by Crippen LogP contribution is -2.36. The van der Waals surface area contributed by atoms with Gasteiger partial charge in [-0.2, -0.15) is 0 Å². The highest BCUT2D eigenvalue weighted by molar-refractivity contribution is 6.29. The molecular formula is C21H24ClN3O3. The zero-order valence-electron chi connectivity index (χ0n) is 16.1. The molecule has 0 bridgehead atoms. The van der Waals surface area contributed by atoms with E-state index in [0.29, 0.717) is 49.3 Å². The normalized spacial score (nSPS) is 23.9. The van der Waals surface area contributed by atoms with Crippen LogP contribution in [0.1, 0.15) is 36.3 Å². The second kappa shape index (κ2) is 7.59. The number of amides is 2. The molecule has 2 aliphatic rings. The Morgan fingerprint density at radius 2 is 2.04 bits per heavy atom. The molecule has 28 heavy (non-hydrogen) atoms. The van der Waals surface area contributed by atoms with Crippen LogP contribution < -0.4 is 0 Å². The molecular weight excluding hydrogens is 378 g/mol. The van der Waals surface area contributed by atoms with Crippen LogP contribution in [0.15, 0.2) is 34.9 Å². The van der Waals surface area contributed by atoms with Gasteiger partial charge in [-0.1, -0.05) is 41.0 Å². The fraction of sp³-hybridized carbons (Fsp3) is 0.476. The first kappa shape index (κ1) is 19.0. The van der Waals surface area contributed by atoms with Crippen molar-refractivity contribution < 1.29 is 14.1 Å². The van der Waals surface area contributed by atoms with E-state index in [-0.39, 0.29) is 23.8 Å². The first-order valence-corrected chi connectivity index (χ1v) is 10.0. The van der Waals surface area contributed by atoms with Gasteiger partial charge in [-0.15, -0.1) is 0 Å². The summed E-state index contributed by atoms with van der Waals surface area (Å²) in [6, 6.07) is 9.91. The van der Waals surface area contributed by atoms with Crippen molar-refractivity contribution in [1.82, 2.24) is 15.0 Å². The summed E-state index contributed by atoms with van der Waals surface area (Å²) in [7, 11) is 0. The molecule has 1 aromatic carbocycles. The van der Waals surface area contributed by atoms with E-state index in [1.54, 1.807) is 13.0 Å². The zero-order chi connectivity index (χ0) is 19.8. The summed E-state index contributed by atoms with van der Waals surface area (Å²) in [6.45, 7) is 5.82. The number of halogens is 1. The van der Waals surface area contributed by atoms with E-state index < -0.39 is 0 Å². The van der Waals surface area contributed by atoms with Crippen molar-refractivity contribution in [1.29, 1.82) is 0 Å². The van der Waals surface area contributed by atoms with Gasteiger partial charge in [0.1, 0.15) is 5.76 Å². The number of hydrogen-bond donors (Lipinski definition) is 0. The highest BCUT2D eigenvalue weighted by atomic mass is 35.5. The van der Waals surface area contributed by atoms with Crippen LogP contribution in [-0.4, -0.2) is 46.4 Å². The maximum absolute atomic E-state index is 12.7. The molecule has 2 fully saturated rings. The summed E-state index contributed by atoms with van der Waals surface area (Å²) < 4.78 is 5.08. The second-order valence-electron chi connectivity index (χ2n) is 7.81. The molecule has 2 amide bonds. The highest BCUT2D eigenvalue weighted by Crippen LogP contribution is 2.45. The van der Waals surface area contributed by atoms with E-state index in [0.717, 1.165) is 0 Å². The minimum absolute atomic E-state index is 0.0366. The number of hydrogen-bond acceptors (Lipinski definition) is 4. The number of aryl methyl sites for hydroxylation is 2. The molecule has 0 spiro atoms. The Balaban J connectivity index is 1.47. The fourth-order valence-corrected chi connectivity index (χ4v) is 4.84. The zero-order valence-corrected chi connectivity index (χ0v) is 16.9. The van der Waals surface area contributed by atoms with Gasteiger partial charge in [0.2, 0.25) is 11.8 Å². The van der Waals surface area contributed by atoms with E-state index in [1.165, 1.54) is 11.1 Å². The maximum Gasteiger partial charge on any atom is 0.223 e. The van der Waals surface area contributed by atoms with Crippen LogP contribution in [0, 0.1) is 18.8 Å². The van der Waals surface area contributed by atoms with Crippen LogP contribution in [0.2, 0.25) is 5.15 Å². The van der Waals surface area contributed by atoms with E-state index in [2.05, 4.69) is 24.2 Å². The van der Waals surface area contributed by atoms with Crippen LogP contribution in [0.25, 0.3) is 0 Å². The quantitative estimate of drug-likeness (QED) is 0.788. The third-order valence-electron chi connectivity index (χ3n) is 6.04. The van der Waals surface area contributed by atoms with E-state index in [4.69, 9.17) is 16.1 Å². The van der Waals surface area contributed by atoms with Gasteiger partial charge in [-0.25, -0.2) is 0 Å². The van der Waals surface area contributed by atoms with Crippen molar-refractivity contribution in [3.8, 4) is 0 Å². The topological polar surface area (TPSA) is 66.7 Å². The molecule has 6 nitrogen and oxygen atoms in total. The molecule has 0 N–H and O–H groups in total. The smallest absolute Gasteiger partial charge is 0.223 e. The Hall–Kier alpha value is -2.34. The average Bonchev–Trinajstić information content (AvgIpc) is 3.34. The third-order valence-corrected chi connectivity index (χ3v) is 6.22. The minimum atomic E-state index is 0.0366. The fourth-order valence-electron chi connectivity index (χ4n) is 4.68. The Labute approximate surface area is 169 Å². The Kier molecular flexibility index (Phi) is 5.15. The minimum Gasteiger partial charge on any atom is -0.360 e. The molecule has 7 heteroatoms. The van der Waals surface area contributed by atoms with Gasteiger partial charge in [-0.3, -0.25) is 9.59 Å². The number of likely N-dealkylation sites (tertiary alicyclic amines) is 2. The Morgan fingerprint density at radius 3 is 2.71 bits per heavy atom. The number of nitrogens with zero attached hydrogens (tertiary/aromatic N) is 3. The van der Waals surface area contributed by atoms with Crippen molar-refractivity contribution in [3.63, 3.8) is 0 Å². The largest absolute Gasteiger partial charge is 0.360 e.